The van der Waals surface area contributed by atoms with Gasteiger partial charge in [-0.25, -0.2) is 4.79 Å². The molecule has 6 nitrogen and oxygen atoms in total. The molecule has 29 heavy (non-hydrogen) atoms. The molecule has 2 fully saturated rings. The maximum Gasteiger partial charge on any atom is 0.317 e. The van der Waals surface area contributed by atoms with Gasteiger partial charge >= 0.3 is 6.03 Å². The summed E-state index contributed by atoms with van der Waals surface area (Å²) in [7, 11) is 0. The van der Waals surface area contributed by atoms with E-state index in [1.165, 1.54) is 32.1 Å². The van der Waals surface area contributed by atoms with E-state index in [1.807, 2.05) is 41.6 Å². The first-order valence-corrected chi connectivity index (χ1v) is 11.0. The van der Waals surface area contributed by atoms with Crippen LogP contribution in [-0.4, -0.2) is 38.8 Å². The first-order valence-electron chi connectivity index (χ1n) is 11.0. The molecular formula is C23H33N5O. The smallest absolute Gasteiger partial charge is 0.317 e. The number of hydrogen-bond acceptors (Lipinski definition) is 3. The zero-order valence-electron chi connectivity index (χ0n) is 17.7. The molecule has 1 atom stereocenters. The van der Waals surface area contributed by atoms with E-state index in [0.29, 0.717) is 12.5 Å². The molecule has 4 rings (SSSR count). The van der Waals surface area contributed by atoms with Gasteiger partial charge in [-0.05, 0) is 29.7 Å². The molecule has 1 N–H and O–H groups in total. The third-order valence-corrected chi connectivity index (χ3v) is 6.59. The van der Waals surface area contributed by atoms with E-state index in [-0.39, 0.29) is 17.4 Å². The molecule has 1 aromatic heterocycles. The first-order chi connectivity index (χ1) is 14.1. The van der Waals surface area contributed by atoms with Crippen molar-refractivity contribution in [3.8, 4) is 0 Å². The summed E-state index contributed by atoms with van der Waals surface area (Å²) in [5, 5.41) is 11.9. The van der Waals surface area contributed by atoms with Crippen LogP contribution in [0.25, 0.3) is 0 Å². The fourth-order valence-corrected chi connectivity index (χ4v) is 5.19. The predicted molar refractivity (Wildman–Crippen MR) is 113 cm³/mol. The average Bonchev–Trinajstić information content (AvgIpc) is 3.31. The lowest BCUT2D eigenvalue weighted by Crippen LogP contribution is -2.40. The maximum absolute atomic E-state index is 13.0. The summed E-state index contributed by atoms with van der Waals surface area (Å²) in [5.74, 6) is 1.88. The normalized spacial score (nSPS) is 21.1. The topological polar surface area (TPSA) is 63.1 Å². The van der Waals surface area contributed by atoms with Crippen molar-refractivity contribution in [3.63, 3.8) is 0 Å². The number of benzene rings is 1. The van der Waals surface area contributed by atoms with Crippen molar-refractivity contribution in [2.45, 2.75) is 65.0 Å². The lowest BCUT2D eigenvalue weighted by atomic mass is 9.67. The van der Waals surface area contributed by atoms with Crippen LogP contribution >= 0.6 is 0 Å². The Kier molecular flexibility index (Phi) is 5.88. The standard InChI is InChI=1S/C23H33N5O/c1-18(2)14-28-17-25-26-21(28)20-15-27(16-23(20)11-7-4-8-12-23)22(29)24-13-19-9-5-3-6-10-19/h3,5-6,9-10,17-18,20H,4,7-8,11-16H2,1-2H3,(H,24,29). The molecule has 156 valence electrons. The van der Waals surface area contributed by atoms with E-state index in [2.05, 4.69) is 33.9 Å². The Hall–Kier alpha value is -2.37. The van der Waals surface area contributed by atoms with Crippen LogP contribution in [0, 0.1) is 11.3 Å². The highest BCUT2D eigenvalue weighted by Gasteiger charge is 2.50. The molecule has 2 aliphatic rings. The number of amides is 2. The van der Waals surface area contributed by atoms with Gasteiger partial charge in [-0.2, -0.15) is 0 Å². The van der Waals surface area contributed by atoms with Gasteiger partial charge in [0.2, 0.25) is 0 Å². The quantitative estimate of drug-likeness (QED) is 0.825. The van der Waals surface area contributed by atoms with Gasteiger partial charge in [0.05, 0.1) is 0 Å². The summed E-state index contributed by atoms with van der Waals surface area (Å²) < 4.78 is 2.22. The molecule has 0 radical (unpaired) electrons. The zero-order chi connectivity index (χ0) is 20.3. The van der Waals surface area contributed by atoms with Gasteiger partial charge < -0.3 is 14.8 Å². The Morgan fingerprint density at radius 1 is 1.21 bits per heavy atom. The van der Waals surface area contributed by atoms with Crippen molar-refractivity contribution in [3.05, 3.63) is 48.0 Å². The van der Waals surface area contributed by atoms with E-state index in [9.17, 15) is 4.79 Å². The Morgan fingerprint density at radius 3 is 2.69 bits per heavy atom. The molecule has 2 heterocycles. The molecule has 0 bridgehead atoms. The molecule has 1 saturated heterocycles. The Labute approximate surface area is 173 Å². The number of nitrogens with zero attached hydrogens (tertiary/aromatic N) is 4. The SMILES string of the molecule is CC(C)Cn1cnnc1C1CN(C(=O)NCc2ccccc2)CC12CCCCC2. The molecule has 2 aromatic rings. The second kappa shape index (κ2) is 8.56. The number of rotatable bonds is 5. The van der Waals surface area contributed by atoms with Gasteiger partial charge in [-0.15, -0.1) is 10.2 Å². The Morgan fingerprint density at radius 2 is 1.97 bits per heavy atom. The molecular weight excluding hydrogens is 362 g/mol. The van der Waals surface area contributed by atoms with E-state index >= 15 is 0 Å². The summed E-state index contributed by atoms with van der Waals surface area (Å²) in [5.41, 5.74) is 1.27. The number of aromatic nitrogens is 3. The number of carbonyl (C=O) groups excluding carboxylic acids is 1. The number of urea groups is 1. The Balaban J connectivity index is 1.52. The minimum Gasteiger partial charge on any atom is -0.334 e. The van der Waals surface area contributed by atoms with Gasteiger partial charge in [0.1, 0.15) is 12.2 Å². The van der Waals surface area contributed by atoms with E-state index < -0.39 is 0 Å². The van der Waals surface area contributed by atoms with Gasteiger partial charge in [-0.1, -0.05) is 63.4 Å². The van der Waals surface area contributed by atoms with Crippen molar-refractivity contribution < 1.29 is 4.79 Å². The highest BCUT2D eigenvalue weighted by atomic mass is 16.2. The Bertz CT molecular complexity index is 810. The minimum atomic E-state index is 0.0382. The van der Waals surface area contributed by atoms with Crippen LogP contribution in [0.1, 0.15) is 63.3 Å². The number of nitrogens with one attached hydrogen (secondary N) is 1. The van der Waals surface area contributed by atoms with Crippen LogP contribution in [0.5, 0.6) is 0 Å². The van der Waals surface area contributed by atoms with Gasteiger partial charge in [0, 0.05) is 32.1 Å². The zero-order valence-corrected chi connectivity index (χ0v) is 17.7. The van der Waals surface area contributed by atoms with Gasteiger partial charge in [0.15, 0.2) is 0 Å². The van der Waals surface area contributed by atoms with Crippen LogP contribution in [-0.2, 0) is 13.1 Å². The molecule has 1 unspecified atom stereocenters. The van der Waals surface area contributed by atoms with Crippen LogP contribution in [0.4, 0.5) is 4.79 Å². The van der Waals surface area contributed by atoms with Gasteiger partial charge in [-0.3, -0.25) is 0 Å². The summed E-state index contributed by atoms with van der Waals surface area (Å²) >= 11 is 0. The monoisotopic (exact) mass is 395 g/mol. The van der Waals surface area contributed by atoms with Crippen molar-refractivity contribution in [2.75, 3.05) is 13.1 Å². The molecule has 6 heteroatoms. The lowest BCUT2D eigenvalue weighted by Gasteiger charge is -2.37. The van der Waals surface area contributed by atoms with Gasteiger partial charge in [0.25, 0.3) is 0 Å². The summed E-state index contributed by atoms with van der Waals surface area (Å²) in [6.45, 7) is 7.49. The van der Waals surface area contributed by atoms with Crippen LogP contribution in [0.2, 0.25) is 0 Å². The van der Waals surface area contributed by atoms with E-state index in [0.717, 1.165) is 31.0 Å². The number of likely N-dealkylation sites (tertiary alicyclic amines) is 1. The molecule has 1 aliphatic heterocycles. The second-order valence-corrected chi connectivity index (χ2v) is 9.24. The first kappa shape index (κ1) is 19.9. The fraction of sp³-hybridized carbons (Fsp3) is 0.609. The predicted octanol–water partition coefficient (Wildman–Crippen LogP) is 4.19. The average molecular weight is 396 g/mol. The van der Waals surface area contributed by atoms with Crippen molar-refractivity contribution >= 4 is 6.03 Å². The van der Waals surface area contributed by atoms with Crippen LogP contribution in [0.3, 0.4) is 0 Å². The number of hydrogen-bond donors (Lipinski definition) is 1. The third-order valence-electron chi connectivity index (χ3n) is 6.59. The maximum atomic E-state index is 13.0. The molecule has 1 aromatic carbocycles. The minimum absolute atomic E-state index is 0.0382. The van der Waals surface area contributed by atoms with E-state index in [4.69, 9.17) is 0 Å². The van der Waals surface area contributed by atoms with Crippen molar-refractivity contribution in [2.24, 2.45) is 11.3 Å². The fourth-order valence-electron chi connectivity index (χ4n) is 5.19. The molecule has 1 aliphatic carbocycles. The summed E-state index contributed by atoms with van der Waals surface area (Å²) in [6.07, 6.45) is 8.00. The van der Waals surface area contributed by atoms with Crippen LogP contribution < -0.4 is 5.32 Å². The van der Waals surface area contributed by atoms with E-state index in [1.54, 1.807) is 0 Å². The van der Waals surface area contributed by atoms with Crippen molar-refractivity contribution in [1.29, 1.82) is 0 Å². The summed E-state index contributed by atoms with van der Waals surface area (Å²) in [4.78, 5) is 15.0. The summed E-state index contributed by atoms with van der Waals surface area (Å²) in [6, 6.07) is 10.1. The highest BCUT2D eigenvalue weighted by molar-refractivity contribution is 5.74. The third kappa shape index (κ3) is 4.31. The molecule has 1 saturated carbocycles. The highest BCUT2D eigenvalue weighted by Crippen LogP contribution is 2.51. The molecule has 2 amide bonds. The van der Waals surface area contributed by atoms with Crippen LogP contribution in [0.15, 0.2) is 36.7 Å². The second-order valence-electron chi connectivity index (χ2n) is 9.24. The number of carbonyl (C=O) groups is 1. The molecule has 1 spiro atoms. The van der Waals surface area contributed by atoms with Crippen molar-refractivity contribution in [1.82, 2.24) is 25.0 Å². The lowest BCUT2D eigenvalue weighted by molar-refractivity contribution is 0.163. The largest absolute Gasteiger partial charge is 0.334 e.